The molecule has 0 saturated carbocycles. The number of nitrogens with zero attached hydrogens (tertiary/aromatic N) is 2. The summed E-state index contributed by atoms with van der Waals surface area (Å²) in [5, 5.41) is 0. The molecular formula is C22H22F2N2. The Hall–Kier alpha value is -2.75. The fourth-order valence-electron chi connectivity index (χ4n) is 3.14. The van der Waals surface area contributed by atoms with Crippen LogP contribution >= 0.6 is 0 Å². The van der Waals surface area contributed by atoms with Gasteiger partial charge >= 0.3 is 0 Å². The van der Waals surface area contributed by atoms with Gasteiger partial charge in [-0.2, -0.15) is 0 Å². The van der Waals surface area contributed by atoms with Crippen LogP contribution in [-0.4, -0.2) is 10.5 Å². The van der Waals surface area contributed by atoms with E-state index in [-0.39, 0.29) is 17.2 Å². The summed E-state index contributed by atoms with van der Waals surface area (Å²) in [5.41, 5.74) is 2.76. The van der Waals surface area contributed by atoms with Gasteiger partial charge in [-0.05, 0) is 80.8 Å². The normalized spacial score (nSPS) is 11.4. The fourth-order valence-corrected chi connectivity index (χ4v) is 3.14. The van der Waals surface area contributed by atoms with Gasteiger partial charge in [-0.15, -0.1) is 0 Å². The molecule has 2 nitrogen and oxygen atoms in total. The van der Waals surface area contributed by atoms with Crippen LogP contribution < -0.4 is 4.90 Å². The van der Waals surface area contributed by atoms with Crippen LogP contribution in [0.3, 0.4) is 0 Å². The number of pyridine rings is 1. The highest BCUT2D eigenvalue weighted by Gasteiger charge is 2.28. The Bertz CT molecular complexity index is 828. The van der Waals surface area contributed by atoms with Crippen LogP contribution in [0, 0.1) is 11.6 Å². The van der Waals surface area contributed by atoms with Crippen molar-refractivity contribution in [2.45, 2.75) is 32.2 Å². The highest BCUT2D eigenvalue weighted by molar-refractivity contribution is 5.65. The number of hydrogen-bond acceptors (Lipinski definition) is 2. The number of halogens is 2. The maximum absolute atomic E-state index is 13.4. The van der Waals surface area contributed by atoms with Gasteiger partial charge in [0.1, 0.15) is 11.6 Å². The van der Waals surface area contributed by atoms with E-state index in [2.05, 4.69) is 23.7 Å². The number of hydrogen-bond donors (Lipinski definition) is 0. The second kappa shape index (κ2) is 7.65. The van der Waals surface area contributed by atoms with Crippen molar-refractivity contribution in [2.75, 3.05) is 4.90 Å². The first-order chi connectivity index (χ1) is 12.5. The van der Waals surface area contributed by atoms with Crippen molar-refractivity contribution in [2.24, 2.45) is 0 Å². The summed E-state index contributed by atoms with van der Waals surface area (Å²) >= 11 is 0. The lowest BCUT2D eigenvalue weighted by Crippen LogP contribution is -2.41. The third-order valence-electron chi connectivity index (χ3n) is 4.55. The van der Waals surface area contributed by atoms with Gasteiger partial charge in [0, 0.05) is 29.3 Å². The van der Waals surface area contributed by atoms with E-state index in [0.717, 1.165) is 29.8 Å². The Morgan fingerprint density at radius 3 is 1.85 bits per heavy atom. The van der Waals surface area contributed by atoms with Gasteiger partial charge in [0.2, 0.25) is 0 Å². The van der Waals surface area contributed by atoms with Crippen molar-refractivity contribution < 1.29 is 8.78 Å². The molecule has 4 heteroatoms. The maximum Gasteiger partial charge on any atom is 0.123 e. The van der Waals surface area contributed by atoms with E-state index in [0.29, 0.717) is 0 Å². The molecule has 0 aliphatic rings. The second-order valence-corrected chi connectivity index (χ2v) is 6.96. The lowest BCUT2D eigenvalue weighted by molar-refractivity contribution is 0.465. The Kier molecular flexibility index (Phi) is 5.31. The SMILES string of the molecule is CC(C)(CCc1ccc(F)cc1)N(c1ccncc1)c1ccc(F)cc1. The van der Waals surface area contributed by atoms with Gasteiger partial charge in [0.05, 0.1) is 0 Å². The van der Waals surface area contributed by atoms with Gasteiger partial charge in [-0.25, -0.2) is 8.78 Å². The average molecular weight is 352 g/mol. The Balaban J connectivity index is 1.89. The lowest BCUT2D eigenvalue weighted by atomic mass is 9.92. The summed E-state index contributed by atoms with van der Waals surface area (Å²) in [4.78, 5) is 6.29. The predicted octanol–water partition coefficient (Wildman–Crippen LogP) is 5.91. The molecule has 0 radical (unpaired) electrons. The molecule has 0 amide bonds. The van der Waals surface area contributed by atoms with Gasteiger partial charge in [-0.1, -0.05) is 12.1 Å². The molecule has 0 fully saturated rings. The van der Waals surface area contributed by atoms with Gasteiger partial charge < -0.3 is 4.90 Å². The summed E-state index contributed by atoms with van der Waals surface area (Å²) in [6.07, 6.45) is 5.16. The quantitative estimate of drug-likeness (QED) is 0.548. The zero-order valence-corrected chi connectivity index (χ0v) is 15.0. The van der Waals surface area contributed by atoms with Crippen LogP contribution in [0.4, 0.5) is 20.2 Å². The standard InChI is InChI=1S/C22H22F2N2/c1-22(2,14-11-17-3-5-18(23)6-4-17)26(21-12-15-25-16-13-21)20-9-7-19(24)8-10-20/h3-10,12-13,15-16H,11,14H2,1-2H3. The molecule has 2 aromatic carbocycles. The van der Waals surface area contributed by atoms with Gasteiger partial charge in [-0.3, -0.25) is 4.98 Å². The van der Waals surface area contributed by atoms with Gasteiger partial charge in [0.25, 0.3) is 0 Å². The number of benzene rings is 2. The molecule has 0 saturated heterocycles. The summed E-state index contributed by atoms with van der Waals surface area (Å²) in [6.45, 7) is 4.31. The molecule has 3 rings (SSSR count). The number of aryl methyl sites for hydroxylation is 1. The number of aromatic nitrogens is 1. The zero-order chi connectivity index (χ0) is 18.6. The molecule has 0 aliphatic heterocycles. The minimum Gasteiger partial charge on any atom is -0.336 e. The largest absolute Gasteiger partial charge is 0.336 e. The van der Waals surface area contributed by atoms with E-state index in [4.69, 9.17) is 0 Å². The van der Waals surface area contributed by atoms with Crippen molar-refractivity contribution in [3.8, 4) is 0 Å². The van der Waals surface area contributed by atoms with Crippen LogP contribution in [-0.2, 0) is 6.42 Å². The van der Waals surface area contributed by atoms with E-state index < -0.39 is 0 Å². The smallest absolute Gasteiger partial charge is 0.123 e. The number of rotatable bonds is 6. The van der Waals surface area contributed by atoms with Crippen molar-refractivity contribution in [3.05, 3.63) is 90.3 Å². The number of anilines is 2. The summed E-state index contributed by atoms with van der Waals surface area (Å²) in [6, 6.07) is 17.0. The van der Waals surface area contributed by atoms with E-state index in [9.17, 15) is 8.78 Å². The molecule has 134 valence electrons. The second-order valence-electron chi connectivity index (χ2n) is 6.96. The first-order valence-corrected chi connectivity index (χ1v) is 8.66. The highest BCUT2D eigenvalue weighted by atomic mass is 19.1. The van der Waals surface area contributed by atoms with Crippen LogP contribution in [0.1, 0.15) is 25.8 Å². The molecule has 1 heterocycles. The third-order valence-corrected chi connectivity index (χ3v) is 4.55. The van der Waals surface area contributed by atoms with Crippen LogP contribution in [0.2, 0.25) is 0 Å². The van der Waals surface area contributed by atoms with E-state index >= 15 is 0 Å². The van der Waals surface area contributed by atoms with Crippen LogP contribution in [0.15, 0.2) is 73.1 Å². The highest BCUT2D eigenvalue weighted by Crippen LogP contribution is 2.35. The Morgan fingerprint density at radius 1 is 0.769 bits per heavy atom. The van der Waals surface area contributed by atoms with Crippen molar-refractivity contribution in [3.63, 3.8) is 0 Å². The molecule has 0 atom stereocenters. The molecule has 0 spiro atoms. The van der Waals surface area contributed by atoms with Crippen molar-refractivity contribution in [1.82, 2.24) is 4.98 Å². The predicted molar refractivity (Wildman–Crippen MR) is 102 cm³/mol. The monoisotopic (exact) mass is 352 g/mol. The minimum absolute atomic E-state index is 0.224. The third kappa shape index (κ3) is 4.26. The molecule has 1 aromatic heterocycles. The Morgan fingerprint density at radius 2 is 1.27 bits per heavy atom. The van der Waals surface area contributed by atoms with Gasteiger partial charge in [0.15, 0.2) is 0 Å². The van der Waals surface area contributed by atoms with E-state index in [1.807, 2.05) is 24.3 Å². The molecule has 0 N–H and O–H groups in total. The molecule has 3 aromatic rings. The lowest BCUT2D eigenvalue weighted by Gasteiger charge is -2.41. The van der Waals surface area contributed by atoms with Crippen molar-refractivity contribution >= 4 is 11.4 Å². The summed E-state index contributed by atoms with van der Waals surface area (Å²) in [5.74, 6) is -0.481. The molecule has 26 heavy (non-hydrogen) atoms. The topological polar surface area (TPSA) is 16.1 Å². The van der Waals surface area contributed by atoms with Crippen LogP contribution in [0.5, 0.6) is 0 Å². The maximum atomic E-state index is 13.4. The molecule has 0 bridgehead atoms. The zero-order valence-electron chi connectivity index (χ0n) is 15.0. The first kappa shape index (κ1) is 18.1. The summed E-state index contributed by atoms with van der Waals surface area (Å²) in [7, 11) is 0. The minimum atomic E-state index is -0.257. The summed E-state index contributed by atoms with van der Waals surface area (Å²) < 4.78 is 26.5. The Labute approximate surface area is 153 Å². The fraction of sp³-hybridized carbons (Fsp3) is 0.227. The van der Waals surface area contributed by atoms with E-state index in [1.165, 1.54) is 24.3 Å². The average Bonchev–Trinajstić information content (AvgIpc) is 2.64. The van der Waals surface area contributed by atoms with Crippen LogP contribution in [0.25, 0.3) is 0 Å². The first-order valence-electron chi connectivity index (χ1n) is 8.66. The van der Waals surface area contributed by atoms with E-state index in [1.54, 1.807) is 24.5 Å². The molecule has 0 unspecified atom stereocenters. The molecule has 0 aliphatic carbocycles. The molecular weight excluding hydrogens is 330 g/mol. The van der Waals surface area contributed by atoms with Crippen molar-refractivity contribution in [1.29, 1.82) is 0 Å².